The number of nitro benzene ring substituents is 1. The number of nitrogens with zero attached hydrogens (tertiary/aromatic N) is 1. The van der Waals surface area contributed by atoms with Crippen LogP contribution in [0.2, 0.25) is 0 Å². The van der Waals surface area contributed by atoms with E-state index in [0.29, 0.717) is 12.1 Å². The zero-order valence-corrected chi connectivity index (χ0v) is 10.00. The van der Waals surface area contributed by atoms with Crippen LogP contribution < -0.4 is 5.32 Å². The van der Waals surface area contributed by atoms with E-state index in [4.69, 9.17) is 4.42 Å². The Bertz CT molecular complexity index is 523. The smallest absolute Gasteiger partial charge is 0.273 e. The Kier molecular flexibility index (Phi) is 3.74. The summed E-state index contributed by atoms with van der Waals surface area (Å²) in [5, 5.41) is 14.1. The minimum Gasteiger partial charge on any atom is -0.468 e. The van der Waals surface area contributed by atoms with Gasteiger partial charge in [0.1, 0.15) is 5.76 Å². The lowest BCUT2D eigenvalue weighted by molar-refractivity contribution is -0.385. The maximum atomic E-state index is 10.9. The Labute approximate surface area is 105 Å². The normalized spacial score (nSPS) is 12.3. The summed E-state index contributed by atoms with van der Waals surface area (Å²) in [5.74, 6) is 0.814. The predicted octanol–water partition coefficient (Wildman–Crippen LogP) is 3.04. The maximum Gasteiger partial charge on any atom is 0.273 e. The van der Waals surface area contributed by atoms with Crippen molar-refractivity contribution >= 4 is 5.69 Å². The van der Waals surface area contributed by atoms with Gasteiger partial charge in [-0.2, -0.15) is 0 Å². The van der Waals surface area contributed by atoms with Crippen molar-refractivity contribution in [2.24, 2.45) is 0 Å². The Morgan fingerprint density at radius 1 is 1.33 bits per heavy atom. The molecular formula is C13H14N2O3. The second-order valence-corrected chi connectivity index (χ2v) is 4.00. The first-order valence-corrected chi connectivity index (χ1v) is 5.67. The Hall–Kier alpha value is -2.14. The number of hydrogen-bond acceptors (Lipinski definition) is 4. The van der Waals surface area contributed by atoms with Crippen LogP contribution in [0.5, 0.6) is 0 Å². The summed E-state index contributed by atoms with van der Waals surface area (Å²) in [6.45, 7) is 2.38. The first kappa shape index (κ1) is 12.3. The molecule has 0 aliphatic carbocycles. The molecule has 2 rings (SSSR count). The topological polar surface area (TPSA) is 68.3 Å². The van der Waals surface area contributed by atoms with Crippen LogP contribution in [0.25, 0.3) is 0 Å². The molecule has 0 saturated heterocycles. The zero-order valence-electron chi connectivity index (χ0n) is 10.00. The van der Waals surface area contributed by atoms with Crippen LogP contribution in [0.3, 0.4) is 0 Å². The Morgan fingerprint density at radius 3 is 2.78 bits per heavy atom. The van der Waals surface area contributed by atoms with E-state index in [2.05, 4.69) is 5.32 Å². The number of nitro groups is 1. The SMILES string of the molecule is C[C@H](NCc1ccccc1[N+](=O)[O-])c1ccco1. The maximum absolute atomic E-state index is 10.9. The molecule has 18 heavy (non-hydrogen) atoms. The largest absolute Gasteiger partial charge is 0.468 e. The fraction of sp³-hybridized carbons (Fsp3) is 0.231. The van der Waals surface area contributed by atoms with Gasteiger partial charge in [0.2, 0.25) is 0 Å². The molecule has 5 heteroatoms. The van der Waals surface area contributed by atoms with E-state index >= 15 is 0 Å². The van der Waals surface area contributed by atoms with Crippen molar-refractivity contribution in [2.75, 3.05) is 0 Å². The summed E-state index contributed by atoms with van der Waals surface area (Å²) in [5.41, 5.74) is 0.803. The van der Waals surface area contributed by atoms with Gasteiger partial charge in [0, 0.05) is 18.2 Å². The highest BCUT2D eigenvalue weighted by Gasteiger charge is 2.14. The molecule has 1 heterocycles. The molecule has 0 spiro atoms. The zero-order chi connectivity index (χ0) is 13.0. The van der Waals surface area contributed by atoms with Crippen LogP contribution in [0.4, 0.5) is 5.69 Å². The summed E-state index contributed by atoms with van der Waals surface area (Å²) in [7, 11) is 0. The molecule has 0 fully saturated rings. The van der Waals surface area contributed by atoms with E-state index in [1.54, 1.807) is 24.5 Å². The predicted molar refractivity (Wildman–Crippen MR) is 67.1 cm³/mol. The number of nitrogens with one attached hydrogen (secondary N) is 1. The van der Waals surface area contributed by atoms with Crippen LogP contribution in [-0.4, -0.2) is 4.92 Å². The first-order chi connectivity index (χ1) is 8.68. The van der Waals surface area contributed by atoms with Gasteiger partial charge in [-0.1, -0.05) is 18.2 Å². The lowest BCUT2D eigenvalue weighted by atomic mass is 10.1. The van der Waals surface area contributed by atoms with E-state index in [1.165, 1.54) is 6.07 Å². The highest BCUT2D eigenvalue weighted by atomic mass is 16.6. The monoisotopic (exact) mass is 246 g/mol. The summed E-state index contributed by atoms with van der Waals surface area (Å²) in [6.07, 6.45) is 1.61. The van der Waals surface area contributed by atoms with Crippen molar-refractivity contribution in [1.82, 2.24) is 5.32 Å². The summed E-state index contributed by atoms with van der Waals surface area (Å²) in [6, 6.07) is 10.4. The van der Waals surface area contributed by atoms with Gasteiger partial charge < -0.3 is 9.73 Å². The van der Waals surface area contributed by atoms with E-state index in [9.17, 15) is 10.1 Å². The summed E-state index contributed by atoms with van der Waals surface area (Å²) < 4.78 is 5.27. The third-order valence-electron chi connectivity index (χ3n) is 2.76. The van der Waals surface area contributed by atoms with Gasteiger partial charge in [0.15, 0.2) is 0 Å². The summed E-state index contributed by atoms with van der Waals surface area (Å²) in [4.78, 5) is 10.5. The van der Waals surface area contributed by atoms with Crippen molar-refractivity contribution in [2.45, 2.75) is 19.5 Å². The van der Waals surface area contributed by atoms with E-state index < -0.39 is 0 Å². The van der Waals surface area contributed by atoms with Crippen molar-refractivity contribution in [3.8, 4) is 0 Å². The molecule has 2 aromatic rings. The third kappa shape index (κ3) is 2.75. The summed E-state index contributed by atoms with van der Waals surface area (Å²) >= 11 is 0. The van der Waals surface area contributed by atoms with Crippen LogP contribution in [0.15, 0.2) is 47.1 Å². The van der Waals surface area contributed by atoms with Gasteiger partial charge in [0.25, 0.3) is 5.69 Å². The highest BCUT2D eigenvalue weighted by Crippen LogP contribution is 2.19. The number of hydrogen-bond donors (Lipinski definition) is 1. The van der Waals surface area contributed by atoms with Crippen molar-refractivity contribution in [1.29, 1.82) is 0 Å². The van der Waals surface area contributed by atoms with E-state index in [1.807, 2.05) is 19.1 Å². The number of rotatable bonds is 5. The van der Waals surface area contributed by atoms with Crippen LogP contribution >= 0.6 is 0 Å². The lowest BCUT2D eigenvalue weighted by Gasteiger charge is -2.11. The minimum atomic E-state index is -0.366. The molecule has 0 unspecified atom stereocenters. The molecule has 0 aliphatic rings. The minimum absolute atomic E-state index is 0.0137. The molecule has 1 atom stereocenters. The lowest BCUT2D eigenvalue weighted by Crippen LogP contribution is -2.18. The van der Waals surface area contributed by atoms with Gasteiger partial charge in [0.05, 0.1) is 17.2 Å². The number of para-hydroxylation sites is 1. The molecule has 0 aliphatic heterocycles. The second-order valence-electron chi connectivity index (χ2n) is 4.00. The van der Waals surface area contributed by atoms with Gasteiger partial charge >= 0.3 is 0 Å². The fourth-order valence-corrected chi connectivity index (χ4v) is 1.74. The van der Waals surface area contributed by atoms with Gasteiger partial charge in [-0.3, -0.25) is 10.1 Å². The molecule has 0 saturated carbocycles. The quantitative estimate of drug-likeness (QED) is 0.650. The van der Waals surface area contributed by atoms with Crippen molar-refractivity contribution in [3.63, 3.8) is 0 Å². The average Bonchev–Trinajstić information content (AvgIpc) is 2.90. The Balaban J connectivity index is 2.04. The Morgan fingerprint density at radius 2 is 2.11 bits per heavy atom. The molecule has 1 aromatic carbocycles. The first-order valence-electron chi connectivity index (χ1n) is 5.67. The molecule has 0 bridgehead atoms. The molecule has 1 aromatic heterocycles. The van der Waals surface area contributed by atoms with Crippen LogP contribution in [0.1, 0.15) is 24.3 Å². The van der Waals surface area contributed by atoms with E-state index in [-0.39, 0.29) is 16.7 Å². The van der Waals surface area contributed by atoms with E-state index in [0.717, 1.165) is 5.76 Å². The van der Waals surface area contributed by atoms with Crippen molar-refractivity contribution < 1.29 is 9.34 Å². The standard InChI is InChI=1S/C13H14N2O3/c1-10(13-7-4-8-18-13)14-9-11-5-2-3-6-12(11)15(16)17/h2-8,10,14H,9H2,1H3/t10-/m0/s1. The highest BCUT2D eigenvalue weighted by molar-refractivity contribution is 5.39. The molecular weight excluding hydrogens is 232 g/mol. The molecule has 5 nitrogen and oxygen atoms in total. The third-order valence-corrected chi connectivity index (χ3v) is 2.76. The molecule has 94 valence electrons. The fourth-order valence-electron chi connectivity index (χ4n) is 1.74. The van der Waals surface area contributed by atoms with Crippen molar-refractivity contribution in [3.05, 3.63) is 64.1 Å². The van der Waals surface area contributed by atoms with Gasteiger partial charge in [-0.05, 0) is 19.1 Å². The van der Waals surface area contributed by atoms with Crippen LogP contribution in [-0.2, 0) is 6.54 Å². The molecule has 1 N–H and O–H groups in total. The number of furan rings is 1. The number of benzene rings is 1. The van der Waals surface area contributed by atoms with Gasteiger partial charge in [-0.25, -0.2) is 0 Å². The molecule has 0 amide bonds. The van der Waals surface area contributed by atoms with Gasteiger partial charge in [-0.15, -0.1) is 0 Å². The average molecular weight is 246 g/mol. The molecule has 0 radical (unpaired) electrons. The second kappa shape index (κ2) is 5.46. The van der Waals surface area contributed by atoms with Crippen LogP contribution in [0, 0.1) is 10.1 Å².